The molecule has 1 fully saturated rings. The van der Waals surface area contributed by atoms with Crippen LogP contribution in [0.4, 0.5) is 13.2 Å². The average molecular weight is 516 g/mol. The van der Waals surface area contributed by atoms with Crippen LogP contribution in [0.3, 0.4) is 0 Å². The number of nitrogens with one attached hydrogen (secondary N) is 1. The van der Waals surface area contributed by atoms with Gasteiger partial charge in [-0.1, -0.05) is 13.8 Å². The predicted octanol–water partition coefficient (Wildman–Crippen LogP) is 5.78. The molecule has 0 spiro atoms. The number of methoxy groups -OCH3 is 2. The number of benzene rings is 2. The molecule has 0 amide bonds. The number of carbonyl (C=O) groups is 1. The molecule has 0 radical (unpaired) electrons. The number of carboxylic acids is 1. The number of aromatic amines is 1. The molecule has 5 rings (SSSR count). The third-order valence-corrected chi connectivity index (χ3v) is 7.43. The van der Waals surface area contributed by atoms with E-state index in [4.69, 9.17) is 9.47 Å². The standard InChI is InChI=1S/C27H28F3N3O4/c1-26(2,13-36-3)24-20(14-7-8-27(30,11-14)25(34)35)21-18(9-15-12-31-32-23(15)22(21)29)33(24)16-5-6-17(28)19(10-16)37-4/h5-6,9-10,12,14H,7-8,11,13H2,1-4H3,(H,31,32)(H,34,35)/t14?,27-/m0/s1. The third-order valence-electron chi connectivity index (χ3n) is 7.43. The summed E-state index contributed by atoms with van der Waals surface area (Å²) in [5, 5.41) is 17.0. The van der Waals surface area contributed by atoms with E-state index in [0.29, 0.717) is 27.8 Å². The first kappa shape index (κ1) is 25.1. The third kappa shape index (κ3) is 3.85. The summed E-state index contributed by atoms with van der Waals surface area (Å²) in [7, 11) is 2.91. The van der Waals surface area contributed by atoms with Gasteiger partial charge in [-0.05, 0) is 48.9 Å². The number of nitrogens with zero attached hydrogens (tertiary/aromatic N) is 2. The van der Waals surface area contributed by atoms with E-state index in [1.165, 1.54) is 25.4 Å². The molecule has 2 atom stereocenters. The van der Waals surface area contributed by atoms with E-state index >= 15 is 8.78 Å². The quantitative estimate of drug-likeness (QED) is 0.326. The number of alkyl halides is 1. The smallest absolute Gasteiger partial charge is 0.341 e. The number of fused-ring (bicyclic) bond motifs is 2. The molecule has 0 aliphatic heterocycles. The lowest BCUT2D eigenvalue weighted by Crippen LogP contribution is -2.31. The van der Waals surface area contributed by atoms with Crippen molar-refractivity contribution in [3.05, 3.63) is 53.4 Å². The molecule has 4 aromatic rings. The van der Waals surface area contributed by atoms with E-state index in [9.17, 15) is 14.3 Å². The second-order valence-corrected chi connectivity index (χ2v) is 10.4. The van der Waals surface area contributed by atoms with Gasteiger partial charge in [0.05, 0.1) is 25.4 Å². The van der Waals surface area contributed by atoms with Crippen LogP contribution in [0.2, 0.25) is 0 Å². The predicted molar refractivity (Wildman–Crippen MR) is 132 cm³/mol. The topological polar surface area (TPSA) is 89.4 Å². The fraction of sp³-hybridized carbons (Fsp3) is 0.407. The number of halogens is 3. The van der Waals surface area contributed by atoms with E-state index < -0.39 is 34.6 Å². The number of rotatable bonds is 7. The van der Waals surface area contributed by atoms with Gasteiger partial charge < -0.3 is 19.1 Å². The van der Waals surface area contributed by atoms with Gasteiger partial charge in [-0.2, -0.15) is 5.10 Å². The van der Waals surface area contributed by atoms with Crippen molar-refractivity contribution >= 4 is 27.8 Å². The van der Waals surface area contributed by atoms with Crippen LogP contribution in [0.5, 0.6) is 5.75 Å². The summed E-state index contributed by atoms with van der Waals surface area (Å²) >= 11 is 0. The second kappa shape index (κ2) is 8.79. The van der Waals surface area contributed by atoms with Gasteiger partial charge in [0.15, 0.2) is 17.4 Å². The Labute approximate surface area is 211 Å². The zero-order valence-corrected chi connectivity index (χ0v) is 21.0. The lowest BCUT2D eigenvalue weighted by molar-refractivity contribution is -0.150. The van der Waals surface area contributed by atoms with Gasteiger partial charge in [0, 0.05) is 40.7 Å². The summed E-state index contributed by atoms with van der Waals surface area (Å²) in [4.78, 5) is 11.7. The van der Waals surface area contributed by atoms with Crippen LogP contribution >= 0.6 is 0 Å². The van der Waals surface area contributed by atoms with Gasteiger partial charge in [-0.15, -0.1) is 0 Å². The van der Waals surface area contributed by atoms with Crippen molar-refractivity contribution in [3.8, 4) is 11.4 Å². The summed E-state index contributed by atoms with van der Waals surface area (Å²) < 4.78 is 58.5. The number of H-pyrrole nitrogens is 1. The molecule has 37 heavy (non-hydrogen) atoms. The summed E-state index contributed by atoms with van der Waals surface area (Å²) in [6, 6.07) is 6.13. The lowest BCUT2D eigenvalue weighted by atomic mass is 9.81. The highest BCUT2D eigenvalue weighted by Crippen LogP contribution is 2.51. The zero-order chi connectivity index (χ0) is 26.7. The number of aliphatic carboxylic acids is 1. The minimum absolute atomic E-state index is 0.00998. The number of hydrogen-bond acceptors (Lipinski definition) is 4. The first-order valence-corrected chi connectivity index (χ1v) is 12.0. The SMILES string of the molecule is COCC(C)(C)c1c(C2CC[C@@](F)(C(=O)O)C2)c2c(F)c3[nH]ncc3cc2n1-c1ccc(F)c(OC)c1. The van der Waals surface area contributed by atoms with Crippen molar-refractivity contribution in [3.63, 3.8) is 0 Å². The molecular weight excluding hydrogens is 487 g/mol. The number of carboxylic acid groups (broad SMARTS) is 1. The van der Waals surface area contributed by atoms with Crippen molar-refractivity contribution in [2.45, 2.75) is 50.1 Å². The number of aromatic nitrogens is 3. The van der Waals surface area contributed by atoms with Gasteiger partial charge in [-0.25, -0.2) is 18.0 Å². The Morgan fingerprint density at radius 2 is 2.05 bits per heavy atom. The van der Waals surface area contributed by atoms with Crippen molar-refractivity contribution in [1.82, 2.24) is 14.8 Å². The van der Waals surface area contributed by atoms with Crippen LogP contribution < -0.4 is 4.74 Å². The molecule has 1 saturated carbocycles. The van der Waals surface area contributed by atoms with Gasteiger partial charge in [0.1, 0.15) is 5.52 Å². The Balaban J connectivity index is 1.93. The van der Waals surface area contributed by atoms with Crippen LogP contribution in [-0.4, -0.2) is 52.3 Å². The summed E-state index contributed by atoms with van der Waals surface area (Å²) in [5.41, 5.74) is -0.795. The molecule has 0 saturated heterocycles. The summed E-state index contributed by atoms with van der Waals surface area (Å²) in [6.45, 7) is 4.08. The molecule has 2 heterocycles. The molecule has 10 heteroatoms. The van der Waals surface area contributed by atoms with Gasteiger partial charge in [0.2, 0.25) is 5.67 Å². The van der Waals surface area contributed by atoms with Crippen molar-refractivity contribution in [1.29, 1.82) is 0 Å². The van der Waals surface area contributed by atoms with Crippen molar-refractivity contribution < 1.29 is 32.5 Å². The highest BCUT2D eigenvalue weighted by molar-refractivity contribution is 6.00. The molecule has 2 aromatic heterocycles. The highest BCUT2D eigenvalue weighted by atomic mass is 19.1. The largest absolute Gasteiger partial charge is 0.494 e. The first-order chi connectivity index (χ1) is 17.5. The van der Waals surface area contributed by atoms with E-state index in [1.807, 2.05) is 18.4 Å². The molecule has 2 aromatic carbocycles. The molecule has 1 unspecified atom stereocenters. The second-order valence-electron chi connectivity index (χ2n) is 10.4. The van der Waals surface area contributed by atoms with E-state index in [-0.39, 0.29) is 42.5 Å². The molecular formula is C27H28F3N3O4. The van der Waals surface area contributed by atoms with Gasteiger partial charge in [0.25, 0.3) is 0 Å². The maximum absolute atomic E-state index is 16.2. The zero-order valence-electron chi connectivity index (χ0n) is 21.0. The van der Waals surface area contributed by atoms with Crippen LogP contribution in [-0.2, 0) is 14.9 Å². The van der Waals surface area contributed by atoms with Gasteiger partial charge in [-0.3, -0.25) is 5.10 Å². The van der Waals surface area contributed by atoms with Crippen LogP contribution in [0.25, 0.3) is 27.5 Å². The van der Waals surface area contributed by atoms with Crippen LogP contribution in [0.15, 0.2) is 30.5 Å². The summed E-state index contributed by atoms with van der Waals surface area (Å²) in [5.74, 6) is -3.20. The van der Waals surface area contributed by atoms with Crippen molar-refractivity contribution in [2.24, 2.45) is 0 Å². The first-order valence-electron chi connectivity index (χ1n) is 12.0. The Hall–Kier alpha value is -3.53. The average Bonchev–Trinajstić information content (AvgIpc) is 3.56. The minimum atomic E-state index is -2.41. The molecule has 2 N–H and O–H groups in total. The number of ether oxygens (including phenoxy) is 2. The Morgan fingerprint density at radius 3 is 2.70 bits per heavy atom. The van der Waals surface area contributed by atoms with E-state index in [1.54, 1.807) is 19.2 Å². The summed E-state index contributed by atoms with van der Waals surface area (Å²) in [6.07, 6.45) is 1.27. The Morgan fingerprint density at radius 1 is 1.30 bits per heavy atom. The highest BCUT2D eigenvalue weighted by Gasteiger charge is 2.49. The lowest BCUT2D eigenvalue weighted by Gasteiger charge is -2.29. The van der Waals surface area contributed by atoms with E-state index in [0.717, 1.165) is 0 Å². The fourth-order valence-electron chi connectivity index (χ4n) is 5.82. The maximum Gasteiger partial charge on any atom is 0.341 e. The molecule has 1 aliphatic carbocycles. The van der Waals surface area contributed by atoms with Gasteiger partial charge >= 0.3 is 5.97 Å². The van der Waals surface area contributed by atoms with E-state index in [2.05, 4.69) is 10.2 Å². The number of hydrogen-bond donors (Lipinski definition) is 2. The normalized spacial score (nSPS) is 20.2. The molecule has 196 valence electrons. The van der Waals surface area contributed by atoms with Crippen LogP contribution in [0, 0.1) is 11.6 Å². The maximum atomic E-state index is 16.2. The van der Waals surface area contributed by atoms with Crippen molar-refractivity contribution in [2.75, 3.05) is 20.8 Å². The Kier molecular flexibility index (Phi) is 5.97. The Bertz CT molecular complexity index is 1530. The molecule has 0 bridgehead atoms. The monoisotopic (exact) mass is 515 g/mol. The molecule has 1 aliphatic rings. The van der Waals surface area contributed by atoms with Crippen LogP contribution in [0.1, 0.15) is 50.3 Å². The molecule has 7 nitrogen and oxygen atoms in total. The fourth-order valence-corrected chi connectivity index (χ4v) is 5.82. The minimum Gasteiger partial charge on any atom is -0.494 e.